The lowest BCUT2D eigenvalue weighted by Gasteiger charge is -2.09. The largest absolute Gasteiger partial charge is 0.549 e. The number of nitrogens with zero attached hydrogens (tertiary/aromatic N) is 1. The molecule has 0 amide bonds. The Morgan fingerprint density at radius 3 is 2.53 bits per heavy atom. The third kappa shape index (κ3) is 1.85. The predicted octanol–water partition coefficient (Wildman–Crippen LogP) is 0.956. The highest BCUT2D eigenvalue weighted by molar-refractivity contribution is 6.08. The van der Waals surface area contributed by atoms with Crippen LogP contribution in [0.3, 0.4) is 0 Å². The van der Waals surface area contributed by atoms with Gasteiger partial charge in [0.05, 0.1) is 11.7 Å². The second kappa shape index (κ2) is 4.39. The molecule has 1 aromatic heterocycles. The van der Waals surface area contributed by atoms with Crippen molar-refractivity contribution in [3.8, 4) is 0 Å². The number of aromatic nitrogens is 1. The summed E-state index contributed by atoms with van der Waals surface area (Å²) in [5.41, 5.74) is 1.82. The number of hydrogen-bond acceptors (Lipinski definition) is 3. The van der Waals surface area contributed by atoms with Crippen molar-refractivity contribution in [3.05, 3.63) is 59.4 Å². The molecule has 1 unspecified atom stereocenters. The van der Waals surface area contributed by atoms with Crippen LogP contribution in [0.4, 0.5) is 0 Å². The van der Waals surface area contributed by atoms with Crippen molar-refractivity contribution in [1.29, 1.82) is 0 Å². The molecule has 0 fully saturated rings. The van der Waals surface area contributed by atoms with Crippen molar-refractivity contribution < 1.29 is 14.7 Å². The second-order valence-corrected chi connectivity index (χ2v) is 4.65. The summed E-state index contributed by atoms with van der Waals surface area (Å²) in [5.74, 6) is -1.75. The molecule has 0 aliphatic carbocycles. The zero-order valence-electron chi connectivity index (χ0n) is 10.2. The molecular formula is C15H12NO3-. The molecule has 1 aliphatic rings. The number of fused-ring (bicyclic) bond motifs is 1. The number of aliphatic carboxylic acids is 1. The maximum atomic E-state index is 12.4. The van der Waals surface area contributed by atoms with Crippen LogP contribution in [0.25, 0.3) is 0 Å². The fraction of sp³-hybridized carbons (Fsp3) is 0.200. The first kappa shape index (κ1) is 11.7. The monoisotopic (exact) mass is 254 g/mol. The van der Waals surface area contributed by atoms with Crippen LogP contribution in [0, 0.1) is 0 Å². The lowest BCUT2D eigenvalue weighted by molar-refractivity contribution is -0.307. The van der Waals surface area contributed by atoms with Crippen molar-refractivity contribution in [1.82, 2.24) is 4.57 Å². The van der Waals surface area contributed by atoms with Crippen LogP contribution in [0.5, 0.6) is 0 Å². The predicted molar refractivity (Wildman–Crippen MR) is 66.7 cm³/mol. The second-order valence-electron chi connectivity index (χ2n) is 4.65. The molecule has 3 rings (SSSR count). The van der Waals surface area contributed by atoms with Crippen LogP contribution in [-0.4, -0.2) is 16.3 Å². The van der Waals surface area contributed by atoms with Crippen molar-refractivity contribution in [2.45, 2.75) is 18.9 Å². The van der Waals surface area contributed by atoms with E-state index in [-0.39, 0.29) is 5.78 Å². The summed E-state index contributed by atoms with van der Waals surface area (Å²) in [6.45, 7) is 0.550. The Hall–Kier alpha value is -2.36. The molecule has 1 atom stereocenters. The molecule has 2 heterocycles. The first-order valence-electron chi connectivity index (χ1n) is 6.18. The van der Waals surface area contributed by atoms with Crippen LogP contribution >= 0.6 is 0 Å². The Morgan fingerprint density at radius 2 is 1.84 bits per heavy atom. The fourth-order valence-corrected chi connectivity index (χ4v) is 2.62. The van der Waals surface area contributed by atoms with Crippen molar-refractivity contribution in [2.24, 2.45) is 0 Å². The van der Waals surface area contributed by atoms with Gasteiger partial charge >= 0.3 is 0 Å². The molecule has 19 heavy (non-hydrogen) atoms. The van der Waals surface area contributed by atoms with Gasteiger partial charge in [-0.3, -0.25) is 4.79 Å². The van der Waals surface area contributed by atoms with Gasteiger partial charge in [-0.2, -0.15) is 0 Å². The number of ketones is 1. The first-order valence-corrected chi connectivity index (χ1v) is 6.18. The minimum atomic E-state index is -1.07. The summed E-state index contributed by atoms with van der Waals surface area (Å²) < 4.78 is 1.79. The maximum absolute atomic E-state index is 12.4. The number of carboxylic acid groups (broad SMARTS) is 1. The maximum Gasteiger partial charge on any atom is 0.209 e. The molecule has 0 saturated heterocycles. The van der Waals surface area contributed by atoms with E-state index < -0.39 is 11.9 Å². The van der Waals surface area contributed by atoms with E-state index in [9.17, 15) is 14.7 Å². The molecule has 2 aromatic rings. The molecule has 4 heteroatoms. The molecule has 0 radical (unpaired) electrons. The Balaban J connectivity index is 1.99. The highest BCUT2D eigenvalue weighted by atomic mass is 16.4. The summed E-state index contributed by atoms with van der Waals surface area (Å²) in [5, 5.41) is 11.0. The van der Waals surface area contributed by atoms with Gasteiger partial charge in [-0.15, -0.1) is 0 Å². The Labute approximate surface area is 110 Å². The van der Waals surface area contributed by atoms with E-state index in [0.29, 0.717) is 29.9 Å². The first-order chi connectivity index (χ1) is 9.18. The number of carboxylic acids is 1. The summed E-state index contributed by atoms with van der Waals surface area (Å²) in [4.78, 5) is 23.4. The Kier molecular flexibility index (Phi) is 2.71. The molecule has 96 valence electrons. The molecule has 0 saturated carbocycles. The summed E-state index contributed by atoms with van der Waals surface area (Å²) in [6, 6.07) is 12.4. The minimum Gasteiger partial charge on any atom is -0.549 e. The average Bonchev–Trinajstić information content (AvgIpc) is 2.99. The quantitative estimate of drug-likeness (QED) is 0.766. The highest BCUT2D eigenvalue weighted by Gasteiger charge is 2.27. The van der Waals surface area contributed by atoms with Gasteiger partial charge in [0, 0.05) is 23.7 Å². The molecule has 0 bridgehead atoms. The van der Waals surface area contributed by atoms with Gasteiger partial charge in [-0.05, 0) is 18.6 Å². The lowest BCUT2D eigenvalue weighted by Crippen LogP contribution is -2.28. The van der Waals surface area contributed by atoms with Crippen LogP contribution in [0.1, 0.15) is 34.1 Å². The van der Waals surface area contributed by atoms with E-state index in [2.05, 4.69) is 0 Å². The molecule has 0 N–H and O–H groups in total. The van der Waals surface area contributed by atoms with E-state index >= 15 is 0 Å². The number of carbonyl (C=O) groups excluding carboxylic acids is 2. The topological polar surface area (TPSA) is 62.1 Å². The Morgan fingerprint density at radius 1 is 1.11 bits per heavy atom. The van der Waals surface area contributed by atoms with Crippen LogP contribution < -0.4 is 5.11 Å². The summed E-state index contributed by atoms with van der Waals surface area (Å²) in [7, 11) is 0. The molecule has 1 aromatic carbocycles. The van der Waals surface area contributed by atoms with Gasteiger partial charge in [0.15, 0.2) is 0 Å². The van der Waals surface area contributed by atoms with E-state index in [4.69, 9.17) is 0 Å². The standard InChI is InChI=1S/C15H13NO3/c17-14(10-4-2-1-3-5-10)13-7-6-12-11(15(18)19)8-9-16(12)13/h1-7,11H,8-9H2,(H,18,19)/p-1. The van der Waals surface area contributed by atoms with Crippen LogP contribution in [-0.2, 0) is 11.3 Å². The smallest absolute Gasteiger partial charge is 0.209 e. The molecule has 1 aliphatic heterocycles. The van der Waals surface area contributed by atoms with Crippen molar-refractivity contribution in [3.63, 3.8) is 0 Å². The molecule has 4 nitrogen and oxygen atoms in total. The van der Waals surface area contributed by atoms with Crippen LogP contribution in [0.2, 0.25) is 0 Å². The highest BCUT2D eigenvalue weighted by Crippen LogP contribution is 2.30. The van der Waals surface area contributed by atoms with E-state index in [1.165, 1.54) is 0 Å². The SMILES string of the molecule is O=C(c1ccccc1)c1ccc2n1CCC2C(=O)[O-]. The lowest BCUT2D eigenvalue weighted by atomic mass is 10.1. The van der Waals surface area contributed by atoms with Gasteiger partial charge in [0.2, 0.25) is 5.78 Å². The van der Waals surface area contributed by atoms with Gasteiger partial charge in [-0.25, -0.2) is 0 Å². The third-order valence-corrected chi connectivity index (χ3v) is 3.57. The van der Waals surface area contributed by atoms with Gasteiger partial charge in [-0.1, -0.05) is 30.3 Å². The molecule has 0 spiro atoms. The normalized spacial score (nSPS) is 17.2. The van der Waals surface area contributed by atoms with Gasteiger partial charge in [0.1, 0.15) is 0 Å². The zero-order chi connectivity index (χ0) is 13.4. The number of hydrogen-bond donors (Lipinski definition) is 0. The number of rotatable bonds is 3. The van der Waals surface area contributed by atoms with E-state index in [0.717, 1.165) is 0 Å². The van der Waals surface area contributed by atoms with E-state index in [1.807, 2.05) is 18.2 Å². The number of carbonyl (C=O) groups is 2. The van der Waals surface area contributed by atoms with E-state index in [1.54, 1.807) is 28.8 Å². The van der Waals surface area contributed by atoms with Gasteiger partial charge < -0.3 is 14.5 Å². The van der Waals surface area contributed by atoms with Crippen molar-refractivity contribution in [2.75, 3.05) is 0 Å². The van der Waals surface area contributed by atoms with Crippen LogP contribution in [0.15, 0.2) is 42.5 Å². The van der Waals surface area contributed by atoms with Gasteiger partial charge in [0.25, 0.3) is 0 Å². The third-order valence-electron chi connectivity index (χ3n) is 3.57. The fourth-order valence-electron chi connectivity index (χ4n) is 2.62. The van der Waals surface area contributed by atoms with Crippen molar-refractivity contribution >= 4 is 11.8 Å². The number of benzene rings is 1. The summed E-state index contributed by atoms with van der Waals surface area (Å²) in [6.07, 6.45) is 0.494. The average molecular weight is 254 g/mol. The minimum absolute atomic E-state index is 0.0779. The summed E-state index contributed by atoms with van der Waals surface area (Å²) >= 11 is 0. The zero-order valence-corrected chi connectivity index (χ0v) is 10.2. The Bertz CT molecular complexity index is 643. The molecular weight excluding hydrogens is 242 g/mol.